The number of alkyl halides is 3. The maximum absolute atomic E-state index is 12.7. The van der Waals surface area contributed by atoms with Crippen LogP contribution in [-0.2, 0) is 17.5 Å². The summed E-state index contributed by atoms with van der Waals surface area (Å²) >= 11 is 0. The van der Waals surface area contributed by atoms with Crippen molar-refractivity contribution < 1.29 is 27.4 Å². The molecule has 0 aromatic heterocycles. The maximum atomic E-state index is 12.7. The van der Waals surface area contributed by atoms with Gasteiger partial charge in [0.25, 0.3) is 5.91 Å². The molecule has 0 aliphatic carbocycles. The quantitative estimate of drug-likeness (QED) is 0.798. The van der Waals surface area contributed by atoms with E-state index in [1.807, 2.05) is 0 Å². The van der Waals surface area contributed by atoms with Gasteiger partial charge in [-0.3, -0.25) is 4.79 Å². The molecule has 140 valence electrons. The fourth-order valence-electron chi connectivity index (χ4n) is 2.32. The van der Waals surface area contributed by atoms with E-state index in [2.05, 4.69) is 5.32 Å². The van der Waals surface area contributed by atoms with Gasteiger partial charge in [-0.25, -0.2) is 0 Å². The first-order chi connectivity index (χ1) is 12.3. The summed E-state index contributed by atoms with van der Waals surface area (Å²) in [6.45, 7) is 1.77. The maximum Gasteiger partial charge on any atom is 0.416 e. The number of nitrogens with one attached hydrogen (secondary N) is 1. The third kappa shape index (κ3) is 5.40. The average molecular weight is 367 g/mol. The molecule has 2 rings (SSSR count). The van der Waals surface area contributed by atoms with Crippen molar-refractivity contribution in [3.63, 3.8) is 0 Å². The van der Waals surface area contributed by atoms with Crippen LogP contribution in [0.3, 0.4) is 0 Å². The van der Waals surface area contributed by atoms with Crippen molar-refractivity contribution in [3.8, 4) is 11.5 Å². The van der Waals surface area contributed by atoms with Crippen molar-refractivity contribution in [2.75, 3.05) is 7.11 Å². The molecule has 0 radical (unpaired) electrons. The highest BCUT2D eigenvalue weighted by molar-refractivity contribution is 5.81. The van der Waals surface area contributed by atoms with Crippen LogP contribution in [0, 0.1) is 0 Å². The van der Waals surface area contributed by atoms with Gasteiger partial charge >= 0.3 is 6.18 Å². The number of carbonyl (C=O) groups excluding carboxylic acids is 1. The minimum atomic E-state index is -4.42. The largest absolute Gasteiger partial charge is 0.497 e. The number of hydrogen-bond donors (Lipinski definition) is 1. The van der Waals surface area contributed by atoms with Crippen LogP contribution in [0.5, 0.6) is 11.5 Å². The first kappa shape index (κ1) is 19.6. The topological polar surface area (TPSA) is 47.6 Å². The number of amides is 1. The van der Waals surface area contributed by atoms with Crippen molar-refractivity contribution in [1.29, 1.82) is 0 Å². The van der Waals surface area contributed by atoms with Crippen molar-refractivity contribution in [1.82, 2.24) is 5.32 Å². The predicted molar refractivity (Wildman–Crippen MR) is 91.0 cm³/mol. The molecule has 7 heteroatoms. The second-order valence-electron chi connectivity index (χ2n) is 5.61. The molecule has 0 saturated carbocycles. The lowest BCUT2D eigenvalue weighted by molar-refractivity contribution is -0.137. The van der Waals surface area contributed by atoms with Gasteiger partial charge in [0.1, 0.15) is 11.5 Å². The molecule has 0 fully saturated rings. The van der Waals surface area contributed by atoms with Gasteiger partial charge in [-0.05, 0) is 36.2 Å². The molecule has 1 N–H and O–H groups in total. The first-order valence-electron chi connectivity index (χ1n) is 8.08. The van der Waals surface area contributed by atoms with Crippen LogP contribution in [0.2, 0.25) is 0 Å². The van der Waals surface area contributed by atoms with Crippen LogP contribution in [0.4, 0.5) is 13.2 Å². The van der Waals surface area contributed by atoms with E-state index in [-0.39, 0.29) is 6.54 Å². The smallest absolute Gasteiger partial charge is 0.416 e. The molecule has 0 bridgehead atoms. The summed E-state index contributed by atoms with van der Waals surface area (Å²) in [6, 6.07) is 11.7. The Bertz CT molecular complexity index is 747. The van der Waals surface area contributed by atoms with Crippen LogP contribution in [-0.4, -0.2) is 19.1 Å². The van der Waals surface area contributed by atoms with E-state index in [1.54, 1.807) is 31.2 Å². The Morgan fingerprint density at radius 2 is 1.81 bits per heavy atom. The van der Waals surface area contributed by atoms with Crippen molar-refractivity contribution in [3.05, 3.63) is 59.7 Å². The lowest BCUT2D eigenvalue weighted by Gasteiger charge is -2.18. The SMILES string of the molecule is CC[C@@H](Oc1cccc(OC)c1)C(=O)NCc1cccc(C(F)(F)F)c1. The van der Waals surface area contributed by atoms with E-state index in [0.717, 1.165) is 12.1 Å². The molecule has 0 heterocycles. The zero-order chi connectivity index (χ0) is 19.2. The molecule has 0 aliphatic rings. The fraction of sp³-hybridized carbons (Fsp3) is 0.316. The lowest BCUT2D eigenvalue weighted by Crippen LogP contribution is -2.37. The van der Waals surface area contributed by atoms with Crippen LogP contribution in [0.25, 0.3) is 0 Å². The zero-order valence-corrected chi connectivity index (χ0v) is 14.5. The van der Waals surface area contributed by atoms with E-state index in [4.69, 9.17) is 9.47 Å². The van der Waals surface area contributed by atoms with Gasteiger partial charge in [-0.15, -0.1) is 0 Å². The van der Waals surface area contributed by atoms with E-state index < -0.39 is 23.8 Å². The second kappa shape index (κ2) is 8.60. The van der Waals surface area contributed by atoms with E-state index in [1.165, 1.54) is 19.2 Å². The van der Waals surface area contributed by atoms with E-state index >= 15 is 0 Å². The molecule has 1 atom stereocenters. The number of rotatable bonds is 7. The molecular weight excluding hydrogens is 347 g/mol. The first-order valence-corrected chi connectivity index (χ1v) is 8.08. The van der Waals surface area contributed by atoms with Gasteiger partial charge in [0, 0.05) is 12.6 Å². The molecule has 1 amide bonds. The normalized spacial score (nSPS) is 12.3. The van der Waals surface area contributed by atoms with E-state index in [0.29, 0.717) is 23.5 Å². The molecule has 4 nitrogen and oxygen atoms in total. The van der Waals surface area contributed by atoms with Gasteiger partial charge in [-0.2, -0.15) is 13.2 Å². The molecule has 2 aromatic rings. The Balaban J connectivity index is 1.99. The predicted octanol–water partition coefficient (Wildman–Crippen LogP) is 4.19. The average Bonchev–Trinajstić information content (AvgIpc) is 2.64. The summed E-state index contributed by atoms with van der Waals surface area (Å²) in [6.07, 6.45) is -4.76. The van der Waals surface area contributed by atoms with Gasteiger partial charge in [-0.1, -0.05) is 25.1 Å². The highest BCUT2D eigenvalue weighted by Crippen LogP contribution is 2.29. The summed E-state index contributed by atoms with van der Waals surface area (Å²) in [5, 5.41) is 2.61. The van der Waals surface area contributed by atoms with Gasteiger partial charge in [0.2, 0.25) is 0 Å². The number of hydrogen-bond acceptors (Lipinski definition) is 3. The number of ether oxygens (including phenoxy) is 2. The highest BCUT2D eigenvalue weighted by Gasteiger charge is 2.30. The summed E-state index contributed by atoms with van der Waals surface area (Å²) in [4.78, 5) is 12.3. The minimum absolute atomic E-state index is 0.0132. The molecule has 0 saturated heterocycles. The lowest BCUT2D eigenvalue weighted by atomic mass is 10.1. The molecule has 0 aliphatic heterocycles. The third-order valence-electron chi connectivity index (χ3n) is 3.70. The minimum Gasteiger partial charge on any atom is -0.497 e. The molecule has 26 heavy (non-hydrogen) atoms. The fourth-order valence-corrected chi connectivity index (χ4v) is 2.32. The van der Waals surface area contributed by atoms with Gasteiger partial charge < -0.3 is 14.8 Å². The van der Waals surface area contributed by atoms with Crippen LogP contribution >= 0.6 is 0 Å². The number of carbonyl (C=O) groups is 1. The third-order valence-corrected chi connectivity index (χ3v) is 3.70. The summed E-state index contributed by atoms with van der Waals surface area (Å²) < 4.78 is 49.0. The second-order valence-corrected chi connectivity index (χ2v) is 5.61. The Morgan fingerprint density at radius 1 is 1.12 bits per heavy atom. The summed E-state index contributed by atoms with van der Waals surface area (Å²) in [5.41, 5.74) is -0.381. The summed E-state index contributed by atoms with van der Waals surface area (Å²) in [5.74, 6) is 0.680. The summed E-state index contributed by atoms with van der Waals surface area (Å²) in [7, 11) is 1.53. The molecule has 2 aromatic carbocycles. The van der Waals surface area contributed by atoms with E-state index in [9.17, 15) is 18.0 Å². The van der Waals surface area contributed by atoms with Crippen molar-refractivity contribution >= 4 is 5.91 Å². The Morgan fingerprint density at radius 3 is 2.46 bits per heavy atom. The Labute approximate surface area is 149 Å². The molecule has 0 unspecified atom stereocenters. The Hall–Kier alpha value is -2.70. The standard InChI is InChI=1S/C19H20F3NO3/c1-3-17(26-16-9-5-8-15(11-16)25-2)18(24)23-12-13-6-4-7-14(10-13)19(20,21)22/h4-11,17H,3,12H2,1-2H3,(H,23,24)/t17-/m1/s1. The van der Waals surface area contributed by atoms with Crippen molar-refractivity contribution in [2.24, 2.45) is 0 Å². The van der Waals surface area contributed by atoms with Gasteiger partial charge in [0.15, 0.2) is 6.10 Å². The zero-order valence-electron chi connectivity index (χ0n) is 14.5. The van der Waals surface area contributed by atoms with Gasteiger partial charge in [0.05, 0.1) is 12.7 Å². The molecular formula is C19H20F3NO3. The number of halogens is 3. The monoisotopic (exact) mass is 367 g/mol. The van der Waals surface area contributed by atoms with Crippen LogP contribution in [0.15, 0.2) is 48.5 Å². The van der Waals surface area contributed by atoms with Crippen LogP contribution in [0.1, 0.15) is 24.5 Å². The Kier molecular flexibility index (Phi) is 6.49. The number of benzene rings is 2. The van der Waals surface area contributed by atoms with Crippen molar-refractivity contribution in [2.45, 2.75) is 32.2 Å². The highest BCUT2D eigenvalue weighted by atomic mass is 19.4. The number of methoxy groups -OCH3 is 1. The molecule has 0 spiro atoms. The van der Waals surface area contributed by atoms with Crippen LogP contribution < -0.4 is 14.8 Å².